The van der Waals surface area contributed by atoms with Gasteiger partial charge in [-0.05, 0) is 68.8 Å². The van der Waals surface area contributed by atoms with Crippen molar-refractivity contribution in [3.05, 3.63) is 11.6 Å². The molecule has 3 heteroatoms. The van der Waals surface area contributed by atoms with E-state index >= 15 is 0 Å². The topological polar surface area (TPSA) is 46.5 Å². The second-order valence-electron chi connectivity index (χ2n) is 7.44. The van der Waals surface area contributed by atoms with E-state index in [1.54, 1.807) is 0 Å². The van der Waals surface area contributed by atoms with Crippen molar-refractivity contribution in [1.29, 1.82) is 0 Å². The van der Waals surface area contributed by atoms with Crippen molar-refractivity contribution in [2.75, 3.05) is 6.61 Å². The molecule has 3 nitrogen and oxygen atoms in total. The van der Waals surface area contributed by atoms with E-state index in [9.17, 15) is 9.90 Å². The Labute approximate surface area is 122 Å². The molecule has 1 N–H and O–H groups in total. The maximum Gasteiger partial charge on any atom is 0.302 e. The lowest BCUT2D eigenvalue weighted by molar-refractivity contribution is -0.140. The number of ether oxygens (including phenoxy) is 1. The molecule has 0 aromatic rings. The Morgan fingerprint density at radius 2 is 2.20 bits per heavy atom. The van der Waals surface area contributed by atoms with E-state index in [1.165, 1.54) is 18.9 Å². The molecule has 1 fully saturated rings. The molecule has 2 aliphatic rings. The number of rotatable bonds is 3. The summed E-state index contributed by atoms with van der Waals surface area (Å²) in [6, 6.07) is 0. The van der Waals surface area contributed by atoms with Gasteiger partial charge in [-0.2, -0.15) is 0 Å². The van der Waals surface area contributed by atoms with Crippen LogP contribution >= 0.6 is 0 Å². The number of carbonyl (C=O) groups is 1. The van der Waals surface area contributed by atoms with E-state index in [-0.39, 0.29) is 5.97 Å². The lowest BCUT2D eigenvalue weighted by atomic mass is 9.70. The summed E-state index contributed by atoms with van der Waals surface area (Å²) in [7, 11) is 0. The number of aliphatic hydroxyl groups is 1. The number of carbonyl (C=O) groups excluding carboxylic acids is 1. The number of hydrogen-bond acceptors (Lipinski definition) is 3. The molecule has 1 saturated carbocycles. The first-order valence-electron chi connectivity index (χ1n) is 7.76. The van der Waals surface area contributed by atoms with Crippen molar-refractivity contribution in [2.24, 2.45) is 17.3 Å². The summed E-state index contributed by atoms with van der Waals surface area (Å²) < 4.78 is 5.13. The predicted octanol–water partition coefficient (Wildman–Crippen LogP) is 3.46. The Balaban J connectivity index is 2.09. The zero-order valence-electron chi connectivity index (χ0n) is 13.2. The van der Waals surface area contributed by atoms with E-state index in [0.717, 1.165) is 25.7 Å². The molecule has 0 amide bonds. The highest BCUT2D eigenvalue weighted by molar-refractivity contribution is 5.66. The zero-order valence-corrected chi connectivity index (χ0v) is 13.2. The summed E-state index contributed by atoms with van der Waals surface area (Å²) in [4.78, 5) is 10.9. The van der Waals surface area contributed by atoms with Crippen LogP contribution in [0.15, 0.2) is 11.6 Å². The Kier molecular flexibility index (Phi) is 4.29. The highest BCUT2D eigenvalue weighted by Gasteiger charge is 2.49. The third-order valence-electron chi connectivity index (χ3n) is 5.45. The van der Waals surface area contributed by atoms with Crippen LogP contribution in [0.4, 0.5) is 0 Å². The molecule has 2 rings (SSSR count). The molecule has 3 atom stereocenters. The molecule has 0 aromatic carbocycles. The minimum absolute atomic E-state index is 0.212. The van der Waals surface area contributed by atoms with E-state index in [0.29, 0.717) is 23.9 Å². The maximum absolute atomic E-state index is 10.9. The molecule has 0 heterocycles. The number of hydrogen-bond donors (Lipinski definition) is 1. The van der Waals surface area contributed by atoms with Gasteiger partial charge in [-0.3, -0.25) is 4.79 Å². The van der Waals surface area contributed by atoms with Crippen molar-refractivity contribution >= 4 is 5.97 Å². The van der Waals surface area contributed by atoms with Gasteiger partial charge in [-0.1, -0.05) is 13.0 Å². The fourth-order valence-corrected chi connectivity index (χ4v) is 4.13. The first-order chi connectivity index (χ1) is 9.22. The van der Waals surface area contributed by atoms with Crippen LogP contribution in [-0.4, -0.2) is 23.3 Å². The summed E-state index contributed by atoms with van der Waals surface area (Å²) in [5, 5.41) is 10.4. The molecule has 114 valence electrons. The second kappa shape index (κ2) is 5.51. The summed E-state index contributed by atoms with van der Waals surface area (Å²) in [6.07, 6.45) is 7.72. The van der Waals surface area contributed by atoms with Gasteiger partial charge in [-0.15, -0.1) is 0 Å². The fraction of sp³-hybridized carbons (Fsp3) is 0.824. The lowest BCUT2D eigenvalue weighted by Crippen LogP contribution is -2.37. The molecule has 2 aliphatic carbocycles. The lowest BCUT2D eigenvalue weighted by Gasteiger charge is -2.37. The minimum atomic E-state index is -0.601. The average molecular weight is 280 g/mol. The highest BCUT2D eigenvalue weighted by Crippen LogP contribution is 2.56. The van der Waals surface area contributed by atoms with Crippen molar-refractivity contribution < 1.29 is 14.6 Å². The largest absolute Gasteiger partial charge is 0.461 e. The molecule has 0 spiro atoms. The Morgan fingerprint density at radius 1 is 1.50 bits per heavy atom. The predicted molar refractivity (Wildman–Crippen MR) is 79.2 cm³/mol. The van der Waals surface area contributed by atoms with Gasteiger partial charge in [0.05, 0.1) is 5.60 Å². The van der Waals surface area contributed by atoms with Crippen molar-refractivity contribution in [3.8, 4) is 0 Å². The molecule has 20 heavy (non-hydrogen) atoms. The van der Waals surface area contributed by atoms with Crippen LogP contribution in [-0.2, 0) is 9.53 Å². The van der Waals surface area contributed by atoms with E-state index in [2.05, 4.69) is 13.0 Å². The first kappa shape index (κ1) is 15.6. The zero-order chi connectivity index (χ0) is 15.0. The summed E-state index contributed by atoms with van der Waals surface area (Å²) in [5.74, 6) is 0.699. The van der Waals surface area contributed by atoms with Gasteiger partial charge in [0.1, 0.15) is 6.61 Å². The van der Waals surface area contributed by atoms with Crippen LogP contribution in [0.3, 0.4) is 0 Å². The normalized spacial score (nSPS) is 34.1. The van der Waals surface area contributed by atoms with Gasteiger partial charge in [0.15, 0.2) is 0 Å². The van der Waals surface area contributed by atoms with Crippen molar-refractivity contribution in [2.45, 2.75) is 65.4 Å². The summed E-state index contributed by atoms with van der Waals surface area (Å²) in [5.41, 5.74) is 0.959. The van der Waals surface area contributed by atoms with Gasteiger partial charge in [0.25, 0.3) is 0 Å². The van der Waals surface area contributed by atoms with Gasteiger partial charge < -0.3 is 9.84 Å². The maximum atomic E-state index is 10.9. The molecular formula is C17H28O3. The molecule has 0 aliphatic heterocycles. The Bertz CT molecular complexity index is 405. The Morgan fingerprint density at radius 3 is 2.80 bits per heavy atom. The van der Waals surface area contributed by atoms with E-state index in [1.807, 2.05) is 13.8 Å². The average Bonchev–Trinajstić information content (AvgIpc) is 2.57. The number of allylic oxidation sites excluding steroid dienone is 1. The van der Waals surface area contributed by atoms with Gasteiger partial charge in [0, 0.05) is 6.92 Å². The van der Waals surface area contributed by atoms with Crippen molar-refractivity contribution in [3.63, 3.8) is 0 Å². The molecule has 0 unspecified atom stereocenters. The van der Waals surface area contributed by atoms with E-state index < -0.39 is 5.60 Å². The molecule has 0 radical (unpaired) electrons. The quantitative estimate of drug-likeness (QED) is 0.636. The second-order valence-corrected chi connectivity index (χ2v) is 7.44. The van der Waals surface area contributed by atoms with Crippen LogP contribution in [0, 0.1) is 17.3 Å². The molecule has 0 aromatic heterocycles. The van der Waals surface area contributed by atoms with Crippen LogP contribution in [0.2, 0.25) is 0 Å². The van der Waals surface area contributed by atoms with Gasteiger partial charge in [0.2, 0.25) is 0 Å². The minimum Gasteiger partial charge on any atom is -0.461 e. The highest BCUT2D eigenvalue weighted by atomic mass is 16.5. The third-order valence-corrected chi connectivity index (χ3v) is 5.45. The molecule has 0 bridgehead atoms. The molecular weight excluding hydrogens is 252 g/mol. The van der Waals surface area contributed by atoms with Crippen LogP contribution in [0.5, 0.6) is 0 Å². The number of esters is 1. The summed E-state index contributed by atoms with van der Waals surface area (Å²) in [6.45, 7) is 8.14. The standard InChI is InChI=1S/C17H28O3/c1-12(18)20-11-13-5-6-15-14(16(2,3)19)8-10-17(15,4)9-7-13/h5,14-15,19H,6-11H2,1-4H3/t14-,15-,17-/m1/s1. The Hall–Kier alpha value is -0.830. The van der Waals surface area contributed by atoms with Gasteiger partial charge >= 0.3 is 5.97 Å². The van der Waals surface area contributed by atoms with Crippen LogP contribution in [0.1, 0.15) is 59.8 Å². The summed E-state index contributed by atoms with van der Waals surface area (Å²) >= 11 is 0. The fourth-order valence-electron chi connectivity index (χ4n) is 4.13. The van der Waals surface area contributed by atoms with Crippen molar-refractivity contribution in [1.82, 2.24) is 0 Å². The SMILES string of the molecule is CC(=O)OCC1=CC[C@@H]2[C@H](C(C)(C)O)CC[C@@]2(C)CC1. The van der Waals surface area contributed by atoms with Crippen LogP contribution < -0.4 is 0 Å². The monoisotopic (exact) mass is 280 g/mol. The number of fused-ring (bicyclic) bond motifs is 1. The van der Waals surface area contributed by atoms with E-state index in [4.69, 9.17) is 4.74 Å². The first-order valence-corrected chi connectivity index (χ1v) is 7.76. The van der Waals surface area contributed by atoms with Gasteiger partial charge in [-0.25, -0.2) is 0 Å². The van der Waals surface area contributed by atoms with Crippen LogP contribution in [0.25, 0.3) is 0 Å². The smallest absolute Gasteiger partial charge is 0.302 e. The third kappa shape index (κ3) is 3.25. The molecule has 0 saturated heterocycles.